The summed E-state index contributed by atoms with van der Waals surface area (Å²) in [5.41, 5.74) is 0. The van der Waals surface area contributed by atoms with E-state index in [-0.39, 0.29) is 30.5 Å². The summed E-state index contributed by atoms with van der Waals surface area (Å²) in [5, 5.41) is 3.23. The van der Waals surface area contributed by atoms with Gasteiger partial charge in [-0.1, -0.05) is 0 Å². The zero-order chi connectivity index (χ0) is 9.97. The van der Waals surface area contributed by atoms with Crippen molar-refractivity contribution in [3.8, 4) is 0 Å². The molecule has 88 valence electrons. The van der Waals surface area contributed by atoms with Crippen LogP contribution in [0.3, 0.4) is 0 Å². The van der Waals surface area contributed by atoms with Gasteiger partial charge in [-0.15, -0.1) is 12.4 Å². The largest absolute Gasteiger partial charge is 0.380 e. The average molecular weight is 235 g/mol. The first kappa shape index (κ1) is 12.7. The number of carbonyl (C=O) groups excluding carboxylic acids is 1. The summed E-state index contributed by atoms with van der Waals surface area (Å²) >= 11 is 0. The third kappa shape index (κ3) is 2.83. The quantitative estimate of drug-likeness (QED) is 0.753. The van der Waals surface area contributed by atoms with Crippen molar-refractivity contribution >= 4 is 18.3 Å². The molecule has 2 aliphatic rings. The van der Waals surface area contributed by atoms with Crippen LogP contribution in [-0.2, 0) is 9.53 Å². The molecule has 0 aromatic rings. The van der Waals surface area contributed by atoms with Crippen molar-refractivity contribution in [2.75, 3.05) is 26.7 Å². The topological polar surface area (TPSA) is 41.6 Å². The second-order valence-corrected chi connectivity index (χ2v) is 4.08. The summed E-state index contributed by atoms with van der Waals surface area (Å²) in [6, 6.07) is 0.0746. The third-order valence-corrected chi connectivity index (χ3v) is 3.15. The smallest absolute Gasteiger partial charge is 0.239 e. The highest BCUT2D eigenvalue weighted by Crippen LogP contribution is 2.16. The first-order valence-corrected chi connectivity index (χ1v) is 5.36. The molecular weight excluding hydrogens is 216 g/mol. The highest BCUT2D eigenvalue weighted by molar-refractivity contribution is 5.85. The van der Waals surface area contributed by atoms with Gasteiger partial charge in [-0.05, 0) is 25.8 Å². The molecule has 2 heterocycles. The van der Waals surface area contributed by atoms with E-state index in [0.717, 1.165) is 38.9 Å². The molecule has 0 radical (unpaired) electrons. The number of nitrogens with one attached hydrogen (secondary N) is 1. The summed E-state index contributed by atoms with van der Waals surface area (Å²) in [7, 11) is 1.71. The number of nitrogens with zero attached hydrogens (tertiary/aromatic N) is 1. The zero-order valence-corrected chi connectivity index (χ0v) is 9.89. The Morgan fingerprint density at radius 3 is 2.80 bits per heavy atom. The van der Waals surface area contributed by atoms with Crippen LogP contribution < -0.4 is 5.32 Å². The zero-order valence-electron chi connectivity index (χ0n) is 9.07. The number of likely N-dealkylation sites (tertiary alicyclic amines) is 1. The average Bonchev–Trinajstić information content (AvgIpc) is 2.88. The summed E-state index contributed by atoms with van der Waals surface area (Å²) in [6.45, 7) is 2.61. The minimum atomic E-state index is 0. The molecule has 0 aromatic heterocycles. The van der Waals surface area contributed by atoms with Gasteiger partial charge in [-0.25, -0.2) is 0 Å². The molecule has 2 atom stereocenters. The molecule has 2 fully saturated rings. The van der Waals surface area contributed by atoms with Crippen LogP contribution in [0.5, 0.6) is 0 Å². The Labute approximate surface area is 96.7 Å². The number of carbonyl (C=O) groups is 1. The molecule has 4 nitrogen and oxygen atoms in total. The minimum absolute atomic E-state index is 0. The lowest BCUT2D eigenvalue weighted by Crippen LogP contribution is -2.42. The van der Waals surface area contributed by atoms with E-state index in [1.165, 1.54) is 0 Å². The molecule has 0 bridgehead atoms. The first-order valence-electron chi connectivity index (χ1n) is 5.36. The van der Waals surface area contributed by atoms with E-state index in [2.05, 4.69) is 5.32 Å². The number of hydrogen-bond donors (Lipinski definition) is 1. The molecule has 2 saturated heterocycles. The van der Waals surface area contributed by atoms with Gasteiger partial charge < -0.3 is 15.0 Å². The van der Waals surface area contributed by atoms with Crippen molar-refractivity contribution in [3.05, 3.63) is 0 Å². The minimum Gasteiger partial charge on any atom is -0.380 e. The Balaban J connectivity index is 0.00000112. The summed E-state index contributed by atoms with van der Waals surface area (Å²) in [6.07, 6.45) is 3.35. The van der Waals surface area contributed by atoms with Crippen LogP contribution in [0.1, 0.15) is 19.3 Å². The first-order chi connectivity index (χ1) is 6.81. The Kier molecular flexibility index (Phi) is 4.83. The maximum absolute atomic E-state index is 11.9. The Bertz CT molecular complexity index is 219. The standard InChI is InChI=1S/C10H18N2O2.ClH/c1-14-8-4-6-12(7-8)10(13)9-3-2-5-11-9;/h8-9,11H,2-7H2,1H3;1H/t8-,9-;/m0./s1. The molecule has 0 spiro atoms. The maximum Gasteiger partial charge on any atom is 0.239 e. The number of rotatable bonds is 2. The SMILES string of the molecule is CO[C@H]1CCN(C(=O)[C@@H]2CCCN2)C1.Cl. The molecule has 5 heteroatoms. The number of halogens is 1. The number of hydrogen-bond acceptors (Lipinski definition) is 3. The second kappa shape index (κ2) is 5.68. The van der Waals surface area contributed by atoms with E-state index in [4.69, 9.17) is 4.74 Å². The van der Waals surface area contributed by atoms with Crippen molar-refractivity contribution in [1.82, 2.24) is 10.2 Å². The van der Waals surface area contributed by atoms with Gasteiger partial charge in [0.05, 0.1) is 12.1 Å². The number of methoxy groups -OCH3 is 1. The van der Waals surface area contributed by atoms with Crippen molar-refractivity contribution in [1.29, 1.82) is 0 Å². The van der Waals surface area contributed by atoms with E-state index in [0.29, 0.717) is 0 Å². The van der Waals surface area contributed by atoms with E-state index in [1.807, 2.05) is 4.90 Å². The Hall–Kier alpha value is -0.320. The lowest BCUT2D eigenvalue weighted by atomic mass is 10.2. The summed E-state index contributed by atoms with van der Waals surface area (Å²) in [4.78, 5) is 13.8. The molecule has 0 aromatic carbocycles. The van der Waals surface area contributed by atoms with Gasteiger partial charge in [0.15, 0.2) is 0 Å². The normalized spacial score (nSPS) is 30.3. The van der Waals surface area contributed by atoms with Crippen LogP contribution >= 0.6 is 12.4 Å². The fraction of sp³-hybridized carbons (Fsp3) is 0.900. The van der Waals surface area contributed by atoms with Crippen LogP contribution in [0.15, 0.2) is 0 Å². The monoisotopic (exact) mass is 234 g/mol. The summed E-state index contributed by atoms with van der Waals surface area (Å²) < 4.78 is 5.24. The van der Waals surface area contributed by atoms with Crippen LogP contribution in [0.25, 0.3) is 0 Å². The summed E-state index contributed by atoms with van der Waals surface area (Å²) in [5.74, 6) is 0.266. The molecule has 0 aliphatic carbocycles. The molecule has 2 aliphatic heterocycles. The molecule has 2 rings (SSSR count). The number of amides is 1. The van der Waals surface area contributed by atoms with Crippen LogP contribution in [0.4, 0.5) is 0 Å². The van der Waals surface area contributed by atoms with Crippen LogP contribution in [-0.4, -0.2) is 49.7 Å². The van der Waals surface area contributed by atoms with Gasteiger partial charge in [0.1, 0.15) is 0 Å². The Morgan fingerprint density at radius 1 is 1.47 bits per heavy atom. The molecule has 0 unspecified atom stereocenters. The van der Waals surface area contributed by atoms with Gasteiger partial charge in [-0.2, -0.15) is 0 Å². The molecule has 1 amide bonds. The molecular formula is C10H19ClN2O2. The maximum atomic E-state index is 11.9. The third-order valence-electron chi connectivity index (χ3n) is 3.15. The molecule has 0 saturated carbocycles. The lowest BCUT2D eigenvalue weighted by Gasteiger charge is -2.20. The lowest BCUT2D eigenvalue weighted by molar-refractivity contribution is -0.132. The van der Waals surface area contributed by atoms with Crippen molar-refractivity contribution in [2.24, 2.45) is 0 Å². The fourth-order valence-corrected chi connectivity index (χ4v) is 2.24. The predicted molar refractivity (Wildman–Crippen MR) is 60.3 cm³/mol. The van der Waals surface area contributed by atoms with Crippen molar-refractivity contribution in [3.63, 3.8) is 0 Å². The van der Waals surface area contributed by atoms with E-state index in [9.17, 15) is 4.79 Å². The van der Waals surface area contributed by atoms with Gasteiger partial charge in [0.25, 0.3) is 0 Å². The van der Waals surface area contributed by atoms with Crippen molar-refractivity contribution in [2.45, 2.75) is 31.4 Å². The second-order valence-electron chi connectivity index (χ2n) is 4.08. The van der Waals surface area contributed by atoms with E-state index < -0.39 is 0 Å². The molecule has 15 heavy (non-hydrogen) atoms. The van der Waals surface area contributed by atoms with E-state index in [1.54, 1.807) is 7.11 Å². The van der Waals surface area contributed by atoms with Gasteiger partial charge in [-0.3, -0.25) is 4.79 Å². The molecule has 1 N–H and O–H groups in total. The predicted octanol–water partition coefficient (Wildman–Crippen LogP) is 0.407. The van der Waals surface area contributed by atoms with Gasteiger partial charge in [0.2, 0.25) is 5.91 Å². The van der Waals surface area contributed by atoms with E-state index >= 15 is 0 Å². The Morgan fingerprint density at radius 2 is 2.27 bits per heavy atom. The van der Waals surface area contributed by atoms with Gasteiger partial charge >= 0.3 is 0 Å². The fourth-order valence-electron chi connectivity index (χ4n) is 2.24. The number of ether oxygens (including phenoxy) is 1. The van der Waals surface area contributed by atoms with Gasteiger partial charge in [0, 0.05) is 20.2 Å². The van der Waals surface area contributed by atoms with Crippen LogP contribution in [0.2, 0.25) is 0 Å². The van der Waals surface area contributed by atoms with Crippen molar-refractivity contribution < 1.29 is 9.53 Å². The van der Waals surface area contributed by atoms with Crippen LogP contribution in [0, 0.1) is 0 Å². The highest BCUT2D eigenvalue weighted by Gasteiger charge is 2.31. The highest BCUT2D eigenvalue weighted by atomic mass is 35.5.